The SMILES string of the molecule is O=C1CCCCC1C1CC(=O)N(c2cccc(Cl)c2)C1=O. The Morgan fingerprint density at radius 2 is 1.90 bits per heavy atom. The van der Waals surface area contributed by atoms with Gasteiger partial charge in [0.15, 0.2) is 0 Å². The quantitative estimate of drug-likeness (QED) is 0.789. The molecule has 0 aromatic heterocycles. The van der Waals surface area contributed by atoms with Crippen LogP contribution in [0.2, 0.25) is 5.02 Å². The minimum atomic E-state index is -0.496. The Hall–Kier alpha value is -1.68. The van der Waals surface area contributed by atoms with Crippen molar-refractivity contribution >= 4 is 34.9 Å². The highest BCUT2D eigenvalue weighted by Crippen LogP contribution is 2.36. The third-order valence-electron chi connectivity index (χ3n) is 4.34. The first-order valence-electron chi connectivity index (χ1n) is 7.23. The molecule has 3 rings (SSSR count). The summed E-state index contributed by atoms with van der Waals surface area (Å²) in [5.74, 6) is -1.17. The van der Waals surface area contributed by atoms with Crippen LogP contribution in [0.25, 0.3) is 0 Å². The summed E-state index contributed by atoms with van der Waals surface area (Å²) in [5, 5.41) is 0.477. The molecule has 1 heterocycles. The monoisotopic (exact) mass is 305 g/mol. The summed E-state index contributed by atoms with van der Waals surface area (Å²) >= 11 is 5.92. The zero-order valence-corrected chi connectivity index (χ0v) is 12.3. The molecule has 21 heavy (non-hydrogen) atoms. The molecule has 4 nitrogen and oxygen atoms in total. The highest BCUT2D eigenvalue weighted by atomic mass is 35.5. The summed E-state index contributed by atoms with van der Waals surface area (Å²) in [6.45, 7) is 0. The number of imide groups is 1. The van der Waals surface area contributed by atoms with E-state index < -0.39 is 5.92 Å². The predicted octanol–water partition coefficient (Wildman–Crippen LogP) is 2.98. The Labute approximate surface area is 128 Å². The van der Waals surface area contributed by atoms with E-state index in [2.05, 4.69) is 0 Å². The molecule has 0 N–H and O–H groups in total. The number of ketones is 1. The molecule has 2 atom stereocenters. The van der Waals surface area contributed by atoms with Crippen molar-refractivity contribution in [2.75, 3.05) is 4.90 Å². The number of halogens is 1. The molecule has 1 aromatic rings. The summed E-state index contributed by atoms with van der Waals surface area (Å²) < 4.78 is 0. The summed E-state index contributed by atoms with van der Waals surface area (Å²) in [6.07, 6.45) is 3.21. The minimum Gasteiger partial charge on any atom is -0.299 e. The van der Waals surface area contributed by atoms with E-state index in [4.69, 9.17) is 11.6 Å². The van der Waals surface area contributed by atoms with Gasteiger partial charge in [-0.05, 0) is 31.0 Å². The lowest BCUT2D eigenvalue weighted by Crippen LogP contribution is -2.35. The van der Waals surface area contributed by atoms with Gasteiger partial charge in [0.05, 0.1) is 11.6 Å². The van der Waals surface area contributed by atoms with Crippen LogP contribution in [0, 0.1) is 11.8 Å². The highest BCUT2D eigenvalue weighted by Gasteiger charge is 2.46. The van der Waals surface area contributed by atoms with E-state index in [1.165, 1.54) is 4.90 Å². The van der Waals surface area contributed by atoms with E-state index in [9.17, 15) is 14.4 Å². The van der Waals surface area contributed by atoms with Crippen molar-refractivity contribution in [3.05, 3.63) is 29.3 Å². The lowest BCUT2D eigenvalue weighted by molar-refractivity contribution is -0.132. The van der Waals surface area contributed by atoms with E-state index in [1.54, 1.807) is 24.3 Å². The zero-order valence-electron chi connectivity index (χ0n) is 11.5. The maximum absolute atomic E-state index is 12.6. The topological polar surface area (TPSA) is 54.5 Å². The van der Waals surface area contributed by atoms with Crippen molar-refractivity contribution in [3.8, 4) is 0 Å². The second-order valence-electron chi connectivity index (χ2n) is 5.68. The fourth-order valence-corrected chi connectivity index (χ4v) is 3.48. The number of hydrogen-bond donors (Lipinski definition) is 0. The van der Waals surface area contributed by atoms with Gasteiger partial charge in [-0.25, -0.2) is 0 Å². The van der Waals surface area contributed by atoms with Gasteiger partial charge in [-0.3, -0.25) is 19.3 Å². The third-order valence-corrected chi connectivity index (χ3v) is 4.57. The first kappa shape index (κ1) is 14.3. The van der Waals surface area contributed by atoms with Gasteiger partial charge in [0.1, 0.15) is 5.78 Å². The molecule has 2 fully saturated rings. The molecule has 0 spiro atoms. The van der Waals surface area contributed by atoms with Crippen molar-refractivity contribution in [2.45, 2.75) is 32.1 Å². The Morgan fingerprint density at radius 3 is 2.62 bits per heavy atom. The summed E-state index contributed by atoms with van der Waals surface area (Å²) in [4.78, 5) is 38.0. The molecule has 1 saturated carbocycles. The van der Waals surface area contributed by atoms with Crippen molar-refractivity contribution < 1.29 is 14.4 Å². The number of carbonyl (C=O) groups excluding carboxylic acids is 3. The lowest BCUT2D eigenvalue weighted by Gasteiger charge is -2.24. The number of Topliss-reactive ketones (excluding diaryl/α,β-unsaturated/α-hetero) is 1. The molecule has 0 radical (unpaired) electrons. The van der Waals surface area contributed by atoms with Crippen molar-refractivity contribution in [3.63, 3.8) is 0 Å². The van der Waals surface area contributed by atoms with Gasteiger partial charge in [-0.2, -0.15) is 0 Å². The van der Waals surface area contributed by atoms with Crippen LogP contribution in [0.5, 0.6) is 0 Å². The average molecular weight is 306 g/mol. The molecule has 1 aliphatic carbocycles. The second-order valence-corrected chi connectivity index (χ2v) is 6.11. The number of carbonyl (C=O) groups is 3. The first-order valence-corrected chi connectivity index (χ1v) is 7.61. The van der Waals surface area contributed by atoms with Crippen LogP contribution in [-0.4, -0.2) is 17.6 Å². The average Bonchev–Trinajstić information content (AvgIpc) is 2.74. The molecule has 1 aromatic carbocycles. The standard InChI is InChI=1S/C16H16ClNO3/c17-10-4-3-5-11(8-10)18-15(20)9-13(16(18)21)12-6-1-2-7-14(12)19/h3-5,8,12-13H,1-2,6-7,9H2. The molecule has 5 heteroatoms. The third kappa shape index (κ3) is 2.60. The molecule has 1 aliphatic heterocycles. The van der Waals surface area contributed by atoms with Crippen LogP contribution in [0.4, 0.5) is 5.69 Å². The minimum absolute atomic E-state index is 0.125. The van der Waals surface area contributed by atoms with Gasteiger partial charge < -0.3 is 0 Å². The van der Waals surface area contributed by atoms with Crippen LogP contribution in [0.1, 0.15) is 32.1 Å². The predicted molar refractivity (Wildman–Crippen MR) is 79.0 cm³/mol. The fraction of sp³-hybridized carbons (Fsp3) is 0.438. The molecule has 2 amide bonds. The number of rotatable bonds is 2. The van der Waals surface area contributed by atoms with E-state index in [1.807, 2.05) is 0 Å². The Bertz CT molecular complexity index is 613. The number of nitrogens with zero attached hydrogens (tertiary/aromatic N) is 1. The van der Waals surface area contributed by atoms with Crippen LogP contribution >= 0.6 is 11.6 Å². The first-order chi connectivity index (χ1) is 10.1. The number of hydrogen-bond acceptors (Lipinski definition) is 3. The van der Waals surface area contributed by atoms with Crippen molar-refractivity contribution in [2.24, 2.45) is 11.8 Å². The van der Waals surface area contributed by atoms with Gasteiger partial charge in [0.25, 0.3) is 0 Å². The summed E-state index contributed by atoms with van der Waals surface area (Å²) in [6, 6.07) is 6.69. The number of benzene rings is 1. The molecular weight excluding hydrogens is 290 g/mol. The molecule has 2 unspecified atom stereocenters. The fourth-order valence-electron chi connectivity index (χ4n) is 3.29. The van der Waals surface area contributed by atoms with Crippen molar-refractivity contribution in [1.29, 1.82) is 0 Å². The van der Waals surface area contributed by atoms with Crippen LogP contribution in [0.3, 0.4) is 0 Å². The number of amides is 2. The normalized spacial score (nSPS) is 26.5. The lowest BCUT2D eigenvalue weighted by atomic mass is 9.78. The van der Waals surface area contributed by atoms with Gasteiger partial charge in [-0.1, -0.05) is 24.1 Å². The van der Waals surface area contributed by atoms with Crippen LogP contribution < -0.4 is 4.90 Å². The van der Waals surface area contributed by atoms with E-state index in [0.29, 0.717) is 23.6 Å². The molecule has 0 bridgehead atoms. The largest absolute Gasteiger partial charge is 0.299 e. The Kier molecular flexibility index (Phi) is 3.81. The molecule has 2 aliphatic rings. The summed E-state index contributed by atoms with van der Waals surface area (Å²) in [7, 11) is 0. The van der Waals surface area contributed by atoms with Gasteiger partial charge in [0, 0.05) is 23.8 Å². The second kappa shape index (κ2) is 5.60. The van der Waals surface area contributed by atoms with E-state index in [-0.39, 0.29) is 29.9 Å². The van der Waals surface area contributed by atoms with Crippen molar-refractivity contribution in [1.82, 2.24) is 0 Å². The van der Waals surface area contributed by atoms with Crippen LogP contribution in [0.15, 0.2) is 24.3 Å². The van der Waals surface area contributed by atoms with Crippen LogP contribution in [-0.2, 0) is 14.4 Å². The Balaban J connectivity index is 1.87. The summed E-state index contributed by atoms with van der Waals surface area (Å²) in [5.41, 5.74) is 0.489. The van der Waals surface area contributed by atoms with E-state index >= 15 is 0 Å². The Morgan fingerprint density at radius 1 is 1.10 bits per heavy atom. The zero-order chi connectivity index (χ0) is 15.0. The smallest absolute Gasteiger partial charge is 0.238 e. The molecule has 1 saturated heterocycles. The molecular formula is C16H16ClNO3. The maximum Gasteiger partial charge on any atom is 0.238 e. The van der Waals surface area contributed by atoms with Gasteiger partial charge in [-0.15, -0.1) is 0 Å². The number of anilines is 1. The molecule has 110 valence electrons. The maximum atomic E-state index is 12.6. The van der Waals surface area contributed by atoms with Gasteiger partial charge in [0.2, 0.25) is 11.8 Å². The van der Waals surface area contributed by atoms with Gasteiger partial charge >= 0.3 is 0 Å². The highest BCUT2D eigenvalue weighted by molar-refractivity contribution is 6.31. The van der Waals surface area contributed by atoms with E-state index in [0.717, 1.165) is 12.8 Å².